The molecule has 15 rings (SSSR count). The van der Waals surface area contributed by atoms with Crippen LogP contribution < -0.4 is 97.6 Å². The Balaban J connectivity index is 0.000000200. The average molecular weight is 1670 g/mol. The third-order valence-electron chi connectivity index (χ3n) is 12.5. The summed E-state index contributed by atoms with van der Waals surface area (Å²) in [6, 6.07) is 69.0. The summed E-state index contributed by atoms with van der Waals surface area (Å²) in [6.07, 6.45) is 8.39. The SMILES string of the molecule is CCO[C-]=S.CS(=O)(=O)c1nc2ccc(Oc3ccccc3)nc2s1.CSc1nc2ccc(Oc3ccccc3)nc2s1.Cn1ccc(N)n1.Cn1ccc(Nc2nc3ccc(Oc4ccccc4)nc3s2)n1.Nc1ccc(Oc2ccccc2)nc1.Nc1ccc(Oc2ccccc2)nc1Br.[B]=NS.[K+].[SH-]. The number of aromatic nitrogens is 12. The Labute approximate surface area is 703 Å². The van der Waals surface area contributed by atoms with E-state index in [-0.39, 0.29) is 69.2 Å². The van der Waals surface area contributed by atoms with Crippen LogP contribution in [-0.2, 0) is 42.2 Å². The van der Waals surface area contributed by atoms with Crippen LogP contribution in [0.2, 0.25) is 0 Å². The summed E-state index contributed by atoms with van der Waals surface area (Å²) in [5, 5.41) is 12.0. The number of nitrogens with one attached hydrogen (secondary N) is 1. The number of rotatable bonds is 16. The van der Waals surface area contributed by atoms with Crippen molar-refractivity contribution in [3.63, 3.8) is 0 Å². The van der Waals surface area contributed by atoms with Crippen molar-refractivity contribution in [3.8, 4) is 58.1 Å². The van der Waals surface area contributed by atoms with Crippen LogP contribution >= 0.6 is 86.7 Å². The van der Waals surface area contributed by atoms with Crippen molar-refractivity contribution >= 4 is 182 Å². The number of pyridine rings is 5. The number of benzene rings is 5. The van der Waals surface area contributed by atoms with Gasteiger partial charge in [0.2, 0.25) is 43.6 Å². The first-order valence-electron chi connectivity index (χ1n) is 30.8. The number of ether oxygens (including phenoxy) is 6. The van der Waals surface area contributed by atoms with Gasteiger partial charge in [-0.1, -0.05) is 137 Å². The van der Waals surface area contributed by atoms with E-state index in [0.29, 0.717) is 73.9 Å². The van der Waals surface area contributed by atoms with Gasteiger partial charge in [0, 0.05) is 75.7 Å². The van der Waals surface area contributed by atoms with Gasteiger partial charge in [-0.3, -0.25) is 9.36 Å². The minimum atomic E-state index is -3.31. The second-order valence-electron chi connectivity index (χ2n) is 20.5. The number of anilines is 5. The van der Waals surface area contributed by atoms with Crippen molar-refractivity contribution in [1.29, 1.82) is 0 Å². The van der Waals surface area contributed by atoms with Gasteiger partial charge in [-0.05, 0) is 126 Å². The monoisotopic (exact) mass is 1670 g/mol. The number of para-hydroxylation sites is 5. The number of halogens is 1. The molecule has 0 unspecified atom stereocenters. The molecule has 7 N–H and O–H groups in total. The van der Waals surface area contributed by atoms with Gasteiger partial charge >= 0.3 is 76.1 Å². The molecule has 10 aromatic heterocycles. The molecule has 1 radical (unpaired) electrons. The Morgan fingerprint density at radius 3 is 1.33 bits per heavy atom. The van der Waals surface area contributed by atoms with Crippen LogP contribution in [0.1, 0.15) is 6.92 Å². The molecule has 107 heavy (non-hydrogen) atoms. The number of sulfone groups is 1. The molecular weight excluding hydrogens is 1610 g/mol. The molecule has 10 heterocycles. The largest absolute Gasteiger partial charge is 1.00 e. The summed E-state index contributed by atoms with van der Waals surface area (Å²) in [6.45, 7) is 2.49. The van der Waals surface area contributed by atoms with Gasteiger partial charge in [-0.15, -0.1) is 0 Å². The van der Waals surface area contributed by atoms with E-state index in [4.69, 9.17) is 40.9 Å². The zero-order valence-electron chi connectivity index (χ0n) is 57.9. The van der Waals surface area contributed by atoms with Gasteiger partial charge in [-0.2, -0.15) is 10.2 Å². The molecule has 0 fully saturated rings. The molecule has 0 atom stereocenters. The molecule has 0 spiro atoms. The minimum absolute atomic E-state index is 0. The normalized spacial score (nSPS) is 10.0. The maximum absolute atomic E-state index is 11.5. The summed E-state index contributed by atoms with van der Waals surface area (Å²) in [5.74, 6) is 7.70. The number of nitrogen functional groups attached to an aromatic ring is 3. The minimum Gasteiger partial charge on any atom is -0.813 e. The van der Waals surface area contributed by atoms with Crippen LogP contribution in [0.3, 0.4) is 0 Å². The number of fused-ring (bicyclic) bond motifs is 3. The molecule has 0 saturated heterocycles. The smallest absolute Gasteiger partial charge is 0.813 e. The van der Waals surface area contributed by atoms with Gasteiger partial charge in [0.15, 0.2) is 15.3 Å². The predicted octanol–water partition coefficient (Wildman–Crippen LogP) is 14.5. The molecule has 0 aliphatic rings. The van der Waals surface area contributed by atoms with Crippen LogP contribution in [0.15, 0.2) is 261 Å². The predicted molar refractivity (Wildman–Crippen MR) is 439 cm³/mol. The van der Waals surface area contributed by atoms with Gasteiger partial charge < -0.3 is 76.7 Å². The molecule has 5 aromatic carbocycles. The summed E-state index contributed by atoms with van der Waals surface area (Å²) in [4.78, 5) is 36.7. The second-order valence-corrected chi connectivity index (χ2v) is 27.8. The fourth-order valence-electron chi connectivity index (χ4n) is 7.90. The van der Waals surface area contributed by atoms with E-state index in [1.807, 2.05) is 215 Å². The molecular formula is C71H66BBrKN17O8S8-. The van der Waals surface area contributed by atoms with Crippen molar-refractivity contribution in [3.05, 3.63) is 248 Å². The molecule has 543 valence electrons. The van der Waals surface area contributed by atoms with E-state index in [0.717, 1.165) is 76.6 Å². The maximum atomic E-state index is 11.5. The van der Waals surface area contributed by atoms with Crippen LogP contribution in [0, 0.1) is 0 Å². The molecule has 25 nitrogen and oxygen atoms in total. The summed E-state index contributed by atoms with van der Waals surface area (Å²) < 4.78 is 63.1. The van der Waals surface area contributed by atoms with Crippen LogP contribution in [0.4, 0.5) is 28.1 Å². The van der Waals surface area contributed by atoms with E-state index in [2.05, 4.69) is 119 Å². The quantitative estimate of drug-likeness (QED) is 0.0114. The third kappa shape index (κ3) is 30.7. The van der Waals surface area contributed by atoms with Gasteiger partial charge in [0.05, 0.1) is 17.6 Å². The Bertz CT molecular complexity index is 5230. The maximum Gasteiger partial charge on any atom is 1.00 e. The van der Waals surface area contributed by atoms with Crippen LogP contribution in [0.5, 0.6) is 58.1 Å². The molecule has 15 aromatic rings. The van der Waals surface area contributed by atoms with Crippen molar-refractivity contribution in [2.24, 2.45) is 18.4 Å². The molecule has 0 saturated carbocycles. The van der Waals surface area contributed by atoms with Gasteiger partial charge in [0.25, 0.3) is 0 Å². The summed E-state index contributed by atoms with van der Waals surface area (Å²) in [7, 11) is 4.73. The van der Waals surface area contributed by atoms with E-state index >= 15 is 0 Å². The molecule has 0 bridgehead atoms. The number of hydrogen-bond donors (Lipinski definition) is 5. The van der Waals surface area contributed by atoms with Crippen LogP contribution in [-0.4, -0.2) is 100 Å². The fourth-order valence-corrected chi connectivity index (χ4v) is 12.4. The topological polar surface area (TPSA) is 331 Å². The third-order valence-corrected chi connectivity index (χ3v) is 18.7. The summed E-state index contributed by atoms with van der Waals surface area (Å²) in [5.41, 5.74) is 22.0. The van der Waals surface area contributed by atoms with E-state index in [1.54, 1.807) is 87.3 Å². The summed E-state index contributed by atoms with van der Waals surface area (Å²) >= 11 is 16.3. The zero-order valence-corrected chi connectivity index (χ0v) is 69.3. The first-order chi connectivity index (χ1) is 50.8. The Kier molecular flexibility index (Phi) is 37.6. The standard InChI is InChI=1S/C16H13N5OS.C13H10N2O3S2.C13H10N2OS2.C11H9BrN2O.C11H10N2O.C4H7N3.C3H5OS.BHNS.K.H2S/c1-21-10-9-13(20-21)18-16-17-12-7-8-14(19-15(12)23-16)22-11-5-3-2-4-6-11;1-20(16,17)13-14-10-7-8-11(15-12(10)19-13)18-9-5-3-2-4-6-9;1-17-13-14-10-7-8-11(15-12(10)18-13)16-9-5-3-2-4-6-9;12-11-9(13)6-7-10(14-11)15-8-4-2-1-3-5-8;12-9-6-7-11(13-8-9)14-10-4-2-1-3-5-10;1-7-3-2-4(5)6-7;1-2-4-3-5;1-2-3;;/h2-10H,1H3,(H,17,18,20);2-8H,1H3;2-8H,1H3;1-7H,13H2;1-8H,12H2;2-3H,1H3,(H2,5,6);2H2,1H3;3H;;1H2/q;;;;;;-1;;+1;/p-1. The van der Waals surface area contributed by atoms with E-state index in [9.17, 15) is 8.42 Å². The number of nitrogens with zero attached hydrogens (tertiary/aromatic N) is 13. The molecule has 0 aliphatic carbocycles. The molecule has 36 heteroatoms. The number of nitrogens with two attached hydrogens (primary N) is 3. The number of hydrogen-bond acceptors (Lipinski definition) is 30. The Morgan fingerprint density at radius 1 is 0.561 bits per heavy atom. The van der Waals surface area contributed by atoms with Crippen molar-refractivity contribution in [2.75, 3.05) is 41.6 Å². The number of thioether (sulfide) groups is 1. The Hall–Kier alpha value is -8.99. The Morgan fingerprint density at radius 2 is 0.963 bits per heavy atom. The fraction of sp³-hybridized carbons (Fsp3) is 0.0845. The average Bonchev–Trinajstić information content (AvgIpc) is 1.68. The second kappa shape index (κ2) is 46.3. The van der Waals surface area contributed by atoms with Crippen molar-refractivity contribution in [2.45, 2.75) is 15.6 Å². The van der Waals surface area contributed by atoms with E-state index in [1.165, 1.54) is 11.3 Å². The number of aryl methyl sites for hydroxylation is 2. The first kappa shape index (κ1) is 86.9. The molecule has 0 aliphatic heterocycles. The van der Waals surface area contributed by atoms with Gasteiger partial charge in [0.1, 0.15) is 70.2 Å². The van der Waals surface area contributed by atoms with E-state index < -0.39 is 9.84 Å². The van der Waals surface area contributed by atoms with Gasteiger partial charge in [-0.25, -0.2) is 53.8 Å². The van der Waals surface area contributed by atoms with Crippen molar-refractivity contribution in [1.82, 2.24) is 59.4 Å². The van der Waals surface area contributed by atoms with Crippen molar-refractivity contribution < 1.29 is 88.2 Å². The first-order valence-corrected chi connectivity index (χ1v) is 37.9. The number of thiazole rings is 3. The molecule has 0 amide bonds. The number of thiol groups is 2. The van der Waals surface area contributed by atoms with Crippen LogP contribution in [0.25, 0.3) is 31.0 Å². The number of thiocarbonyl (C=S) groups is 1. The zero-order chi connectivity index (χ0) is 74.8.